The Morgan fingerprint density at radius 2 is 2.54 bits per heavy atom. The van der Waals surface area contributed by atoms with E-state index < -0.39 is 5.97 Å². The Labute approximate surface area is 79.2 Å². The van der Waals surface area contributed by atoms with Gasteiger partial charge < -0.3 is 10.6 Å². The number of hydrogen-bond donors (Lipinski definition) is 2. The van der Waals surface area contributed by atoms with Crippen LogP contribution in [0.4, 0.5) is 0 Å². The van der Waals surface area contributed by atoms with Gasteiger partial charge in [0.2, 0.25) is 5.11 Å². The van der Waals surface area contributed by atoms with Crippen molar-refractivity contribution in [2.75, 3.05) is 7.05 Å². The van der Waals surface area contributed by atoms with Gasteiger partial charge in [-0.3, -0.25) is 5.01 Å². The van der Waals surface area contributed by atoms with Crippen molar-refractivity contribution in [3.05, 3.63) is 11.9 Å². The first-order valence-electron chi connectivity index (χ1n) is 3.22. The van der Waals surface area contributed by atoms with E-state index in [4.69, 9.17) is 5.73 Å². The summed E-state index contributed by atoms with van der Waals surface area (Å²) < 4.78 is 0. The molecule has 1 saturated heterocycles. The predicted octanol–water partition coefficient (Wildman–Crippen LogP) is -0.568. The third-order valence-corrected chi connectivity index (χ3v) is 1.26. The first-order chi connectivity index (χ1) is 6.11. The number of carbonyl (C=O) groups excluding carboxylic acids is 1. The third-order valence-electron chi connectivity index (χ3n) is 1.18. The van der Waals surface area contributed by atoms with E-state index in [1.54, 1.807) is 7.05 Å². The van der Waals surface area contributed by atoms with E-state index >= 15 is 0 Å². The van der Waals surface area contributed by atoms with Crippen molar-refractivity contribution in [2.24, 2.45) is 16.0 Å². The summed E-state index contributed by atoms with van der Waals surface area (Å²) in [6, 6.07) is 0. The molecule has 1 aliphatic heterocycles. The van der Waals surface area contributed by atoms with Crippen LogP contribution < -0.4 is 11.3 Å². The summed E-state index contributed by atoms with van der Waals surface area (Å²) in [5.41, 5.74) is 7.57. The molecule has 0 unspecified atom stereocenters. The molecule has 1 aliphatic rings. The summed E-state index contributed by atoms with van der Waals surface area (Å²) in [7, 11) is 1.59. The number of likely N-dealkylation sites (N-methyl/N-ethyl adjacent to an activating group) is 1. The first kappa shape index (κ1) is 9.55. The van der Waals surface area contributed by atoms with Gasteiger partial charge in [0.15, 0.2) is 5.70 Å². The molecule has 13 heavy (non-hydrogen) atoms. The van der Waals surface area contributed by atoms with Crippen LogP contribution in [0.15, 0.2) is 22.1 Å². The van der Waals surface area contributed by atoms with E-state index in [1.807, 2.05) is 0 Å². The van der Waals surface area contributed by atoms with Gasteiger partial charge in [-0.25, -0.2) is 4.79 Å². The number of nitrogens with two attached hydrogens (primary N) is 1. The normalized spacial score (nSPS) is 19.9. The molecule has 8 heteroatoms. The average Bonchev–Trinajstić information content (AvgIpc) is 2.34. The van der Waals surface area contributed by atoms with Crippen LogP contribution >= 0.6 is 12.2 Å². The van der Waals surface area contributed by atoms with E-state index in [0.717, 1.165) is 0 Å². The van der Waals surface area contributed by atoms with Gasteiger partial charge in [-0.2, -0.15) is 5.11 Å². The van der Waals surface area contributed by atoms with Crippen LogP contribution in [0.25, 0.3) is 0 Å². The molecule has 3 N–H and O–H groups in total. The molecule has 7 nitrogen and oxygen atoms in total. The highest BCUT2D eigenvalue weighted by molar-refractivity contribution is 7.80. The Kier molecular flexibility index (Phi) is 2.88. The lowest BCUT2D eigenvalue weighted by Gasteiger charge is -2.03. The second kappa shape index (κ2) is 3.92. The van der Waals surface area contributed by atoms with Crippen LogP contribution in [0, 0.1) is 0 Å². The summed E-state index contributed by atoms with van der Waals surface area (Å²) in [5, 5.41) is 8.07. The predicted molar refractivity (Wildman–Crippen MR) is 46.7 cm³/mol. The molecule has 0 radical (unpaired) electrons. The van der Waals surface area contributed by atoms with Crippen molar-refractivity contribution >= 4 is 23.3 Å². The van der Waals surface area contributed by atoms with E-state index in [1.165, 1.54) is 11.2 Å². The molecule has 0 spiro atoms. The Hall–Kier alpha value is -1.54. The Bertz CT molecular complexity index is 299. The molecule has 0 atom stereocenters. The standard InChI is InChI=1S/C5H7N5O2S/c1-10-3(4(11)12-9-10)2-7-8-5(6)13/h2,9H,1H3,(H2,6,13)/b3-2-,8-7?. The fraction of sp³-hybridized carbons (Fsp3) is 0.200. The summed E-state index contributed by atoms with van der Waals surface area (Å²) >= 11 is 4.44. The Morgan fingerprint density at radius 3 is 3.00 bits per heavy atom. The van der Waals surface area contributed by atoms with E-state index in [9.17, 15) is 4.79 Å². The molecule has 70 valence electrons. The highest BCUT2D eigenvalue weighted by Gasteiger charge is 2.24. The molecule has 0 aliphatic carbocycles. The molecule has 0 bridgehead atoms. The zero-order valence-corrected chi connectivity index (χ0v) is 7.54. The first-order valence-corrected chi connectivity index (χ1v) is 3.63. The van der Waals surface area contributed by atoms with Crippen molar-refractivity contribution < 1.29 is 9.63 Å². The maximum Gasteiger partial charge on any atom is 0.378 e. The number of hydrazine groups is 1. The number of nitrogens with one attached hydrogen (secondary N) is 1. The lowest BCUT2D eigenvalue weighted by atomic mass is 10.5. The van der Waals surface area contributed by atoms with Crippen LogP contribution in [0.2, 0.25) is 0 Å². The van der Waals surface area contributed by atoms with Gasteiger partial charge in [-0.1, -0.05) is 5.59 Å². The van der Waals surface area contributed by atoms with Gasteiger partial charge in [-0.05, 0) is 12.2 Å². The van der Waals surface area contributed by atoms with Crippen molar-refractivity contribution in [2.45, 2.75) is 0 Å². The molecular weight excluding hydrogens is 194 g/mol. The number of nitrogens with zero attached hydrogens (tertiary/aromatic N) is 3. The minimum atomic E-state index is -0.538. The van der Waals surface area contributed by atoms with Crippen LogP contribution in [-0.4, -0.2) is 23.1 Å². The van der Waals surface area contributed by atoms with Crippen molar-refractivity contribution in [3.63, 3.8) is 0 Å². The molecule has 0 aromatic carbocycles. The summed E-state index contributed by atoms with van der Waals surface area (Å²) in [6.07, 6.45) is 1.20. The van der Waals surface area contributed by atoms with Gasteiger partial charge in [0, 0.05) is 7.05 Å². The van der Waals surface area contributed by atoms with Crippen LogP contribution in [0.5, 0.6) is 0 Å². The van der Waals surface area contributed by atoms with Gasteiger partial charge >= 0.3 is 5.97 Å². The quantitative estimate of drug-likeness (QED) is 0.335. The molecule has 0 saturated carbocycles. The summed E-state index contributed by atoms with van der Waals surface area (Å²) in [6.45, 7) is 0. The van der Waals surface area contributed by atoms with Crippen molar-refractivity contribution in [3.8, 4) is 0 Å². The second-order valence-electron chi connectivity index (χ2n) is 2.11. The largest absolute Gasteiger partial charge is 0.378 e. The van der Waals surface area contributed by atoms with E-state index in [2.05, 4.69) is 32.9 Å². The number of carbonyl (C=O) groups is 1. The summed E-state index contributed by atoms with van der Waals surface area (Å²) in [5.74, 6) is -0.538. The van der Waals surface area contributed by atoms with Crippen LogP contribution in [0.3, 0.4) is 0 Å². The molecule has 0 amide bonds. The molecule has 1 fully saturated rings. The molecular formula is C5H7N5O2S. The minimum absolute atomic E-state index is 0.0983. The van der Waals surface area contributed by atoms with Crippen LogP contribution in [-0.2, 0) is 9.63 Å². The van der Waals surface area contributed by atoms with Crippen molar-refractivity contribution in [1.82, 2.24) is 10.6 Å². The highest BCUT2D eigenvalue weighted by atomic mass is 32.1. The fourth-order valence-electron chi connectivity index (χ4n) is 0.628. The van der Waals surface area contributed by atoms with E-state index in [0.29, 0.717) is 0 Å². The fourth-order valence-corrected chi connectivity index (χ4v) is 0.675. The molecule has 0 aromatic rings. The van der Waals surface area contributed by atoms with Gasteiger partial charge in [0.25, 0.3) is 0 Å². The van der Waals surface area contributed by atoms with Gasteiger partial charge in [-0.15, -0.1) is 5.11 Å². The molecule has 1 heterocycles. The van der Waals surface area contributed by atoms with Crippen molar-refractivity contribution in [1.29, 1.82) is 0 Å². The third kappa shape index (κ3) is 2.46. The van der Waals surface area contributed by atoms with Crippen LogP contribution in [0.1, 0.15) is 0 Å². The topological polar surface area (TPSA) is 92.3 Å². The van der Waals surface area contributed by atoms with E-state index in [-0.39, 0.29) is 10.8 Å². The Morgan fingerprint density at radius 1 is 1.85 bits per heavy atom. The molecule has 1 rings (SSSR count). The average molecular weight is 201 g/mol. The maximum atomic E-state index is 10.9. The number of rotatable bonds is 1. The number of thiocarbonyl (C=S) groups is 1. The zero-order valence-electron chi connectivity index (χ0n) is 6.72. The monoisotopic (exact) mass is 201 g/mol. The lowest BCUT2D eigenvalue weighted by Crippen LogP contribution is -2.23. The molecule has 0 aromatic heterocycles. The Balaban J connectivity index is 2.69. The van der Waals surface area contributed by atoms with Gasteiger partial charge in [0.05, 0.1) is 6.20 Å². The lowest BCUT2D eigenvalue weighted by molar-refractivity contribution is -0.142. The zero-order chi connectivity index (χ0) is 9.84. The smallest absolute Gasteiger partial charge is 0.373 e. The number of hydrogen-bond acceptors (Lipinski definition) is 6. The second-order valence-corrected chi connectivity index (χ2v) is 2.53. The SMILES string of the molecule is CN1NOC(=O)/C1=C/N=NC(N)=S. The van der Waals surface area contributed by atoms with Gasteiger partial charge in [0.1, 0.15) is 0 Å². The summed E-state index contributed by atoms with van der Waals surface area (Å²) in [4.78, 5) is 15.3. The minimum Gasteiger partial charge on any atom is -0.373 e. The maximum absolute atomic E-state index is 10.9. The highest BCUT2D eigenvalue weighted by Crippen LogP contribution is 2.07. The number of azo groups is 1.